The van der Waals surface area contributed by atoms with Crippen LogP contribution in [0.15, 0.2) is 30.3 Å². The normalized spacial score (nSPS) is 26.3. The van der Waals surface area contributed by atoms with Gasteiger partial charge in [-0.2, -0.15) is 0 Å². The molecule has 1 unspecified atom stereocenters. The van der Waals surface area contributed by atoms with E-state index in [2.05, 4.69) is 35.9 Å². The Morgan fingerprint density at radius 2 is 1.77 bits per heavy atom. The lowest BCUT2D eigenvalue weighted by atomic mass is 9.60. The lowest BCUT2D eigenvalue weighted by Gasteiger charge is -2.47. The fraction of sp³-hybridized carbons (Fsp3) is 0.667. The first kappa shape index (κ1) is 21.2. The smallest absolute Gasteiger partial charge is 0.321 e. The van der Waals surface area contributed by atoms with Gasteiger partial charge in [-0.05, 0) is 44.2 Å². The molecule has 6 heteroatoms. The van der Waals surface area contributed by atoms with Gasteiger partial charge in [-0.3, -0.25) is 4.79 Å². The Morgan fingerprint density at radius 3 is 2.37 bits per heavy atom. The molecule has 30 heavy (non-hydrogen) atoms. The molecule has 3 amide bonds. The van der Waals surface area contributed by atoms with Crippen LogP contribution in [0.25, 0.3) is 0 Å². The fourth-order valence-electron chi connectivity index (χ4n) is 6.11. The number of carbonyl (C=O) groups is 2. The van der Waals surface area contributed by atoms with E-state index in [1.807, 2.05) is 35.2 Å². The minimum atomic E-state index is -0.264. The maximum atomic E-state index is 13.5. The summed E-state index contributed by atoms with van der Waals surface area (Å²) >= 11 is 0. The number of benzene rings is 1. The highest BCUT2D eigenvalue weighted by atomic mass is 16.2. The van der Waals surface area contributed by atoms with Gasteiger partial charge >= 0.3 is 6.03 Å². The first-order valence-corrected chi connectivity index (χ1v) is 11.5. The number of nitrogens with zero attached hydrogens (tertiary/aromatic N) is 3. The third-order valence-corrected chi connectivity index (χ3v) is 7.58. The monoisotopic (exact) mass is 412 g/mol. The Kier molecular flexibility index (Phi) is 5.80. The molecule has 1 aromatic carbocycles. The topological polar surface area (TPSA) is 55.9 Å². The SMILES string of the molecule is CCN1CCC2(CN(CC(C)C)CC23CCN(C(=O)Nc2ccccc2)CC3)C1=O. The van der Waals surface area contributed by atoms with Crippen LogP contribution in [0.1, 0.15) is 40.0 Å². The number of amides is 3. The quantitative estimate of drug-likeness (QED) is 0.823. The molecule has 3 saturated heterocycles. The second kappa shape index (κ2) is 8.22. The molecule has 3 heterocycles. The summed E-state index contributed by atoms with van der Waals surface area (Å²) in [4.78, 5) is 32.8. The minimum absolute atomic E-state index is 0.00752. The number of urea groups is 1. The van der Waals surface area contributed by atoms with Gasteiger partial charge < -0.3 is 20.0 Å². The molecule has 6 nitrogen and oxygen atoms in total. The summed E-state index contributed by atoms with van der Waals surface area (Å²) in [6.45, 7) is 12.6. The number of para-hydroxylation sites is 1. The Balaban J connectivity index is 1.49. The first-order valence-electron chi connectivity index (χ1n) is 11.5. The van der Waals surface area contributed by atoms with Crippen LogP contribution in [0.4, 0.5) is 10.5 Å². The van der Waals surface area contributed by atoms with Crippen LogP contribution in [0.2, 0.25) is 0 Å². The number of piperidine rings is 1. The van der Waals surface area contributed by atoms with E-state index in [9.17, 15) is 9.59 Å². The molecule has 164 valence electrons. The molecular weight excluding hydrogens is 376 g/mol. The van der Waals surface area contributed by atoms with Crippen LogP contribution >= 0.6 is 0 Å². The van der Waals surface area contributed by atoms with Gasteiger partial charge in [0.25, 0.3) is 0 Å². The standard InChI is InChI=1S/C24H36N4O2/c1-4-27-15-12-24(21(27)29)18-26(16-19(2)3)17-23(24)10-13-28(14-11-23)22(30)25-20-8-6-5-7-9-20/h5-9,19H,4,10-18H2,1-3H3,(H,25,30). The molecule has 0 radical (unpaired) electrons. The second-order valence-electron chi connectivity index (χ2n) is 9.84. The average Bonchev–Trinajstić information content (AvgIpc) is 3.20. The molecule has 1 aromatic rings. The maximum Gasteiger partial charge on any atom is 0.321 e. The predicted octanol–water partition coefficient (Wildman–Crippen LogP) is 3.51. The number of anilines is 1. The summed E-state index contributed by atoms with van der Waals surface area (Å²) in [6, 6.07) is 9.59. The Hall–Kier alpha value is -2.08. The molecule has 1 atom stereocenters. The van der Waals surface area contributed by atoms with Crippen molar-refractivity contribution < 1.29 is 9.59 Å². The summed E-state index contributed by atoms with van der Waals surface area (Å²) in [7, 11) is 0. The number of nitrogens with one attached hydrogen (secondary N) is 1. The Bertz CT molecular complexity index is 773. The number of hydrogen-bond donors (Lipinski definition) is 1. The van der Waals surface area contributed by atoms with E-state index in [0.29, 0.717) is 11.8 Å². The molecule has 0 aromatic heterocycles. The molecule has 4 rings (SSSR count). The maximum absolute atomic E-state index is 13.5. The number of fused-ring (bicyclic) bond motifs is 1. The van der Waals surface area contributed by atoms with Gasteiger partial charge in [-0.25, -0.2) is 4.79 Å². The summed E-state index contributed by atoms with van der Waals surface area (Å²) < 4.78 is 0. The van der Waals surface area contributed by atoms with Crippen molar-refractivity contribution in [3.8, 4) is 0 Å². The van der Waals surface area contributed by atoms with Gasteiger partial charge in [0.05, 0.1) is 5.41 Å². The van der Waals surface area contributed by atoms with E-state index in [-0.39, 0.29) is 16.9 Å². The lowest BCUT2D eigenvalue weighted by molar-refractivity contribution is -0.141. The zero-order chi connectivity index (χ0) is 21.4. The summed E-state index contributed by atoms with van der Waals surface area (Å²) in [5, 5.41) is 3.01. The van der Waals surface area contributed by atoms with Gasteiger partial charge in [0.15, 0.2) is 0 Å². The van der Waals surface area contributed by atoms with Crippen LogP contribution < -0.4 is 5.32 Å². The van der Waals surface area contributed by atoms with E-state index >= 15 is 0 Å². The van der Waals surface area contributed by atoms with Crippen molar-refractivity contribution in [2.45, 2.75) is 40.0 Å². The lowest BCUT2D eigenvalue weighted by Crippen LogP contribution is -2.54. The van der Waals surface area contributed by atoms with Gasteiger partial charge in [-0.15, -0.1) is 0 Å². The van der Waals surface area contributed by atoms with E-state index in [0.717, 1.165) is 70.8 Å². The van der Waals surface area contributed by atoms with Gasteiger partial charge in [0, 0.05) is 56.9 Å². The van der Waals surface area contributed by atoms with E-state index in [1.165, 1.54) is 0 Å². The highest BCUT2D eigenvalue weighted by Crippen LogP contribution is 2.57. The summed E-state index contributed by atoms with van der Waals surface area (Å²) in [5.41, 5.74) is 0.555. The van der Waals surface area contributed by atoms with Crippen molar-refractivity contribution in [2.24, 2.45) is 16.7 Å². The summed E-state index contributed by atoms with van der Waals surface area (Å²) in [6.07, 6.45) is 2.78. The number of rotatable bonds is 4. The van der Waals surface area contributed by atoms with E-state index in [4.69, 9.17) is 0 Å². The van der Waals surface area contributed by atoms with Crippen LogP contribution in [0.5, 0.6) is 0 Å². The molecule has 1 N–H and O–H groups in total. The van der Waals surface area contributed by atoms with Crippen molar-refractivity contribution in [1.29, 1.82) is 0 Å². The van der Waals surface area contributed by atoms with Gasteiger partial charge in [-0.1, -0.05) is 32.0 Å². The second-order valence-corrected chi connectivity index (χ2v) is 9.84. The van der Waals surface area contributed by atoms with Gasteiger partial charge in [0.2, 0.25) is 5.91 Å². The first-order chi connectivity index (χ1) is 14.4. The zero-order valence-electron chi connectivity index (χ0n) is 18.7. The Morgan fingerprint density at radius 1 is 1.07 bits per heavy atom. The van der Waals surface area contributed by atoms with Crippen LogP contribution in [0.3, 0.4) is 0 Å². The number of likely N-dealkylation sites (tertiary alicyclic amines) is 3. The molecule has 2 spiro atoms. The van der Waals surface area contributed by atoms with Crippen molar-refractivity contribution in [1.82, 2.24) is 14.7 Å². The molecule has 0 bridgehead atoms. The largest absolute Gasteiger partial charge is 0.342 e. The fourth-order valence-corrected chi connectivity index (χ4v) is 6.11. The predicted molar refractivity (Wildman–Crippen MR) is 119 cm³/mol. The van der Waals surface area contributed by atoms with Gasteiger partial charge in [0.1, 0.15) is 0 Å². The molecule has 0 saturated carbocycles. The highest BCUT2D eigenvalue weighted by Gasteiger charge is 2.64. The zero-order valence-corrected chi connectivity index (χ0v) is 18.7. The molecular formula is C24H36N4O2. The molecule has 0 aliphatic carbocycles. The molecule has 3 aliphatic heterocycles. The highest BCUT2D eigenvalue weighted by molar-refractivity contribution is 5.89. The third-order valence-electron chi connectivity index (χ3n) is 7.58. The number of carbonyl (C=O) groups excluding carboxylic acids is 2. The number of hydrogen-bond acceptors (Lipinski definition) is 3. The third kappa shape index (κ3) is 3.59. The average molecular weight is 413 g/mol. The van der Waals surface area contributed by atoms with Crippen LogP contribution in [0, 0.1) is 16.7 Å². The van der Waals surface area contributed by atoms with Crippen LogP contribution in [-0.2, 0) is 4.79 Å². The van der Waals surface area contributed by atoms with Crippen molar-refractivity contribution in [3.63, 3.8) is 0 Å². The van der Waals surface area contributed by atoms with Crippen molar-refractivity contribution in [2.75, 3.05) is 51.1 Å². The molecule has 3 aliphatic rings. The Labute approximate surface area is 180 Å². The van der Waals surface area contributed by atoms with E-state index in [1.54, 1.807) is 0 Å². The molecule has 3 fully saturated rings. The van der Waals surface area contributed by atoms with E-state index < -0.39 is 0 Å². The summed E-state index contributed by atoms with van der Waals surface area (Å²) in [5.74, 6) is 0.950. The van der Waals surface area contributed by atoms with Crippen molar-refractivity contribution >= 4 is 17.6 Å². The van der Waals surface area contributed by atoms with Crippen LogP contribution in [-0.4, -0.2) is 72.5 Å². The minimum Gasteiger partial charge on any atom is -0.342 e. The van der Waals surface area contributed by atoms with Crippen molar-refractivity contribution in [3.05, 3.63) is 30.3 Å².